The molecule has 6 nitrogen and oxygen atoms in total. The van der Waals surface area contributed by atoms with Gasteiger partial charge in [0.15, 0.2) is 0 Å². The summed E-state index contributed by atoms with van der Waals surface area (Å²) >= 11 is 0. The first-order valence-electron chi connectivity index (χ1n) is 8.19. The average Bonchev–Trinajstić information content (AvgIpc) is 2.93. The zero-order valence-electron chi connectivity index (χ0n) is 14.2. The van der Waals surface area contributed by atoms with Gasteiger partial charge in [0.1, 0.15) is 0 Å². The molecule has 2 bridgehead atoms. The standard InChI is InChI=1S/C16H25NO5S/c1-10(7-13(18)22-4)14(19)17-12-8-11-5-6-16(12,15(11,2)3)9-23(17,20)21/h10-12H,5-9H2,1-4H3/t10-,11?,12+,16?/m1/s1. The molecule has 3 aliphatic rings. The van der Waals surface area contributed by atoms with Crippen LogP contribution in [0.5, 0.6) is 0 Å². The monoisotopic (exact) mass is 343 g/mol. The van der Waals surface area contributed by atoms with Gasteiger partial charge in [0.05, 0.1) is 25.3 Å². The highest BCUT2D eigenvalue weighted by Gasteiger charge is 2.72. The Kier molecular flexibility index (Phi) is 3.60. The van der Waals surface area contributed by atoms with E-state index in [0.717, 1.165) is 23.6 Å². The molecular weight excluding hydrogens is 318 g/mol. The molecule has 3 fully saturated rings. The first-order valence-corrected chi connectivity index (χ1v) is 9.80. The topological polar surface area (TPSA) is 80.8 Å². The molecule has 130 valence electrons. The van der Waals surface area contributed by atoms with Crippen molar-refractivity contribution in [2.75, 3.05) is 12.9 Å². The largest absolute Gasteiger partial charge is 0.469 e. The molecule has 3 rings (SSSR count). The minimum atomic E-state index is -3.62. The third-order valence-corrected chi connectivity index (χ3v) is 8.66. The molecule has 1 aliphatic heterocycles. The van der Waals surface area contributed by atoms with E-state index in [0.29, 0.717) is 5.92 Å². The lowest BCUT2D eigenvalue weighted by atomic mass is 9.69. The molecule has 23 heavy (non-hydrogen) atoms. The van der Waals surface area contributed by atoms with Crippen LogP contribution in [0.15, 0.2) is 0 Å². The van der Waals surface area contributed by atoms with Crippen LogP contribution in [0.2, 0.25) is 0 Å². The van der Waals surface area contributed by atoms with Gasteiger partial charge in [-0.15, -0.1) is 0 Å². The Bertz CT molecular complexity index is 655. The van der Waals surface area contributed by atoms with Crippen LogP contribution in [0.1, 0.15) is 46.5 Å². The van der Waals surface area contributed by atoms with Crippen LogP contribution in [-0.4, -0.2) is 43.5 Å². The molecule has 0 aromatic heterocycles. The summed E-state index contributed by atoms with van der Waals surface area (Å²) in [7, 11) is -2.35. The number of amides is 1. The van der Waals surface area contributed by atoms with Crippen LogP contribution in [0, 0.1) is 22.7 Å². The SMILES string of the molecule is COC(=O)C[C@@H](C)C(=O)N1[C@H]2CC3CCC2(CS1(=O)=O)C3(C)C. The highest BCUT2D eigenvalue weighted by Crippen LogP contribution is 2.70. The fourth-order valence-electron chi connectivity index (χ4n) is 5.22. The molecule has 0 radical (unpaired) electrons. The van der Waals surface area contributed by atoms with E-state index in [9.17, 15) is 18.0 Å². The van der Waals surface area contributed by atoms with Crippen molar-refractivity contribution in [1.29, 1.82) is 0 Å². The van der Waals surface area contributed by atoms with E-state index in [-0.39, 0.29) is 29.0 Å². The summed E-state index contributed by atoms with van der Waals surface area (Å²) in [6.07, 6.45) is 2.57. The first-order chi connectivity index (χ1) is 10.6. The van der Waals surface area contributed by atoms with E-state index < -0.39 is 27.8 Å². The number of carbonyl (C=O) groups is 2. The summed E-state index contributed by atoms with van der Waals surface area (Å²) in [6, 6.07) is -0.242. The highest BCUT2D eigenvalue weighted by molar-refractivity contribution is 7.90. The van der Waals surface area contributed by atoms with Gasteiger partial charge in [0, 0.05) is 11.3 Å². The number of sulfonamides is 1. The Labute approximate surface area is 137 Å². The van der Waals surface area contributed by atoms with E-state index in [2.05, 4.69) is 18.6 Å². The van der Waals surface area contributed by atoms with Gasteiger partial charge in [0.25, 0.3) is 0 Å². The number of ether oxygens (including phenoxy) is 1. The van der Waals surface area contributed by atoms with Crippen LogP contribution in [-0.2, 0) is 24.3 Å². The molecule has 0 aromatic rings. The summed E-state index contributed by atoms with van der Waals surface area (Å²) in [5.74, 6) is -1.11. The number of esters is 1. The molecule has 7 heteroatoms. The second kappa shape index (κ2) is 4.94. The van der Waals surface area contributed by atoms with Crippen LogP contribution < -0.4 is 0 Å². The molecule has 2 aliphatic carbocycles. The molecule has 1 saturated heterocycles. The molecule has 2 unspecified atom stereocenters. The van der Waals surface area contributed by atoms with Crippen LogP contribution >= 0.6 is 0 Å². The molecule has 4 atom stereocenters. The fourth-order valence-corrected chi connectivity index (χ4v) is 7.85. The number of carbonyl (C=O) groups excluding carboxylic acids is 2. The second-order valence-electron chi connectivity index (χ2n) is 7.94. The number of hydrogen-bond acceptors (Lipinski definition) is 5. The van der Waals surface area contributed by atoms with Crippen molar-refractivity contribution >= 4 is 21.9 Å². The van der Waals surface area contributed by atoms with E-state index in [4.69, 9.17) is 0 Å². The minimum Gasteiger partial charge on any atom is -0.469 e. The van der Waals surface area contributed by atoms with Gasteiger partial charge in [-0.25, -0.2) is 12.7 Å². The van der Waals surface area contributed by atoms with Gasteiger partial charge >= 0.3 is 5.97 Å². The van der Waals surface area contributed by atoms with Crippen LogP contribution in [0.3, 0.4) is 0 Å². The van der Waals surface area contributed by atoms with Gasteiger partial charge in [-0.05, 0) is 30.6 Å². The van der Waals surface area contributed by atoms with Gasteiger partial charge in [0.2, 0.25) is 15.9 Å². The summed E-state index contributed by atoms with van der Waals surface area (Å²) < 4.78 is 31.2. The van der Waals surface area contributed by atoms with Crippen molar-refractivity contribution in [3.05, 3.63) is 0 Å². The summed E-state index contributed by atoms with van der Waals surface area (Å²) in [6.45, 7) is 5.89. The lowest BCUT2D eigenvalue weighted by Crippen LogP contribution is -2.46. The fraction of sp³-hybridized carbons (Fsp3) is 0.875. The molecule has 1 spiro atoms. The maximum atomic E-state index is 12.8. The Morgan fingerprint density at radius 1 is 1.35 bits per heavy atom. The Hall–Kier alpha value is -1.11. The molecule has 1 heterocycles. The summed E-state index contributed by atoms with van der Waals surface area (Å²) in [5, 5.41) is 0. The van der Waals surface area contributed by atoms with Crippen molar-refractivity contribution in [2.45, 2.75) is 52.5 Å². The Balaban J connectivity index is 1.92. The third-order valence-electron chi connectivity index (χ3n) is 6.75. The number of nitrogens with zero attached hydrogens (tertiary/aromatic N) is 1. The number of rotatable bonds is 3. The van der Waals surface area contributed by atoms with Crippen molar-refractivity contribution in [2.24, 2.45) is 22.7 Å². The second-order valence-corrected chi connectivity index (χ2v) is 9.78. The smallest absolute Gasteiger partial charge is 0.306 e. The van der Waals surface area contributed by atoms with E-state index in [1.165, 1.54) is 7.11 Å². The first kappa shape index (κ1) is 16.7. The Morgan fingerprint density at radius 2 is 2.00 bits per heavy atom. The Morgan fingerprint density at radius 3 is 2.57 bits per heavy atom. The summed E-state index contributed by atoms with van der Waals surface area (Å²) in [4.78, 5) is 24.2. The molecule has 2 saturated carbocycles. The summed E-state index contributed by atoms with van der Waals surface area (Å²) in [5.41, 5.74) is -0.386. The van der Waals surface area contributed by atoms with Crippen molar-refractivity contribution in [1.82, 2.24) is 4.31 Å². The van der Waals surface area contributed by atoms with E-state index in [1.807, 2.05) is 0 Å². The number of hydrogen-bond donors (Lipinski definition) is 0. The zero-order chi connectivity index (χ0) is 17.2. The molecule has 0 aromatic carbocycles. The number of fused-ring (bicyclic) bond motifs is 1. The minimum absolute atomic E-state index is 0.0604. The van der Waals surface area contributed by atoms with Crippen LogP contribution in [0.4, 0.5) is 0 Å². The van der Waals surface area contributed by atoms with Gasteiger partial charge in [-0.1, -0.05) is 20.8 Å². The molecule has 0 N–H and O–H groups in total. The molecular formula is C16H25NO5S. The predicted molar refractivity (Wildman–Crippen MR) is 83.8 cm³/mol. The predicted octanol–water partition coefficient (Wildman–Crippen LogP) is 1.55. The van der Waals surface area contributed by atoms with Crippen molar-refractivity contribution in [3.8, 4) is 0 Å². The van der Waals surface area contributed by atoms with Gasteiger partial charge in [-0.3, -0.25) is 9.59 Å². The quantitative estimate of drug-likeness (QED) is 0.726. The van der Waals surface area contributed by atoms with E-state index in [1.54, 1.807) is 6.92 Å². The van der Waals surface area contributed by atoms with Gasteiger partial charge in [-0.2, -0.15) is 0 Å². The van der Waals surface area contributed by atoms with E-state index >= 15 is 0 Å². The lowest BCUT2D eigenvalue weighted by Gasteiger charge is -2.37. The maximum absolute atomic E-state index is 12.8. The lowest BCUT2D eigenvalue weighted by molar-refractivity contribution is -0.145. The van der Waals surface area contributed by atoms with Crippen LogP contribution in [0.25, 0.3) is 0 Å². The third kappa shape index (κ3) is 2.08. The normalized spacial score (nSPS) is 37.5. The van der Waals surface area contributed by atoms with Crippen molar-refractivity contribution in [3.63, 3.8) is 0 Å². The highest BCUT2D eigenvalue weighted by atomic mass is 32.2. The molecule has 1 amide bonds. The average molecular weight is 343 g/mol. The maximum Gasteiger partial charge on any atom is 0.306 e. The van der Waals surface area contributed by atoms with Gasteiger partial charge < -0.3 is 4.74 Å². The zero-order valence-corrected chi connectivity index (χ0v) is 15.0. The number of methoxy groups -OCH3 is 1. The van der Waals surface area contributed by atoms with Crippen molar-refractivity contribution < 1.29 is 22.7 Å².